The smallest absolute Gasteiger partial charge is 0.389 e. The minimum Gasteiger partial charge on any atom is -0.389 e. The average molecular weight is 302 g/mol. The van der Waals surface area contributed by atoms with Crippen LogP contribution in [0.25, 0.3) is 0 Å². The number of halogens is 7. The van der Waals surface area contributed by atoms with Gasteiger partial charge in [-0.3, -0.25) is 0 Å². The third kappa shape index (κ3) is 4.52. The number of rotatable bonds is 3. The molecule has 0 aromatic heterocycles. The summed E-state index contributed by atoms with van der Waals surface area (Å²) in [4.78, 5) is 0. The molecule has 0 heterocycles. The Labute approximate surface area is 109 Å². The Morgan fingerprint density at radius 1 is 0.950 bits per heavy atom. The molecular formula is C12H9F7O. The molecule has 20 heavy (non-hydrogen) atoms. The van der Waals surface area contributed by atoms with Crippen LogP contribution in [0.15, 0.2) is 30.1 Å². The van der Waals surface area contributed by atoms with Crippen molar-refractivity contribution in [1.29, 1.82) is 0 Å². The van der Waals surface area contributed by atoms with Crippen LogP contribution >= 0.6 is 0 Å². The molecule has 0 atom stereocenters. The van der Waals surface area contributed by atoms with Crippen LogP contribution in [-0.4, -0.2) is 11.7 Å². The van der Waals surface area contributed by atoms with E-state index in [1.165, 1.54) is 0 Å². The number of benzene rings is 1. The van der Waals surface area contributed by atoms with E-state index in [1.54, 1.807) is 0 Å². The summed E-state index contributed by atoms with van der Waals surface area (Å²) < 4.78 is 87.7. The van der Waals surface area contributed by atoms with Crippen LogP contribution in [0.2, 0.25) is 0 Å². The van der Waals surface area contributed by atoms with Crippen molar-refractivity contribution in [3.63, 3.8) is 0 Å². The second-order valence-electron chi connectivity index (χ2n) is 3.93. The maximum absolute atomic E-state index is 12.7. The fourth-order valence-electron chi connectivity index (χ4n) is 1.43. The zero-order valence-electron chi connectivity index (χ0n) is 9.82. The van der Waals surface area contributed by atoms with Gasteiger partial charge >= 0.3 is 12.4 Å². The molecule has 1 aromatic carbocycles. The largest absolute Gasteiger partial charge is 0.416 e. The quantitative estimate of drug-likeness (QED) is 0.833. The molecule has 0 spiro atoms. The second kappa shape index (κ2) is 5.82. The highest BCUT2D eigenvalue weighted by molar-refractivity contribution is 5.34. The van der Waals surface area contributed by atoms with Gasteiger partial charge in [0.05, 0.1) is 17.7 Å². The van der Waals surface area contributed by atoms with E-state index in [9.17, 15) is 30.7 Å². The SMILES string of the molecule is OC/C(F)=C\Cc1cc(C(F)(F)F)cc(C(F)(F)F)c1. The lowest BCUT2D eigenvalue weighted by molar-refractivity contribution is -0.143. The van der Waals surface area contributed by atoms with E-state index >= 15 is 0 Å². The topological polar surface area (TPSA) is 20.2 Å². The van der Waals surface area contributed by atoms with E-state index in [0.717, 1.165) is 6.08 Å². The lowest BCUT2D eigenvalue weighted by Gasteiger charge is -2.13. The first-order valence-electron chi connectivity index (χ1n) is 5.28. The number of hydrogen-bond donors (Lipinski definition) is 1. The number of aliphatic hydroxyl groups excluding tert-OH is 1. The van der Waals surface area contributed by atoms with Crippen molar-refractivity contribution < 1.29 is 35.8 Å². The van der Waals surface area contributed by atoms with Crippen molar-refractivity contribution in [1.82, 2.24) is 0 Å². The van der Waals surface area contributed by atoms with E-state index in [1.807, 2.05) is 0 Å². The van der Waals surface area contributed by atoms with Crippen LogP contribution in [0.1, 0.15) is 16.7 Å². The highest BCUT2D eigenvalue weighted by atomic mass is 19.4. The first-order valence-corrected chi connectivity index (χ1v) is 5.28. The van der Waals surface area contributed by atoms with E-state index < -0.39 is 42.3 Å². The van der Waals surface area contributed by atoms with Gasteiger partial charge in [-0.15, -0.1) is 0 Å². The van der Waals surface area contributed by atoms with E-state index in [4.69, 9.17) is 5.11 Å². The summed E-state index contributed by atoms with van der Waals surface area (Å²) in [5, 5.41) is 8.38. The fourth-order valence-corrected chi connectivity index (χ4v) is 1.43. The van der Waals surface area contributed by atoms with Crippen molar-refractivity contribution in [2.24, 2.45) is 0 Å². The summed E-state index contributed by atoms with van der Waals surface area (Å²) >= 11 is 0. The summed E-state index contributed by atoms with van der Waals surface area (Å²) in [5.41, 5.74) is -3.27. The number of hydrogen-bond acceptors (Lipinski definition) is 1. The lowest BCUT2D eigenvalue weighted by atomic mass is 10.0. The van der Waals surface area contributed by atoms with Crippen molar-refractivity contribution in [3.05, 3.63) is 46.8 Å². The normalized spacial score (nSPS) is 13.7. The summed E-state index contributed by atoms with van der Waals surface area (Å²) in [5.74, 6) is -1.03. The van der Waals surface area contributed by atoms with Crippen LogP contribution in [0, 0.1) is 0 Å². The molecule has 0 saturated heterocycles. The van der Waals surface area contributed by atoms with Crippen molar-refractivity contribution >= 4 is 0 Å². The predicted molar refractivity (Wildman–Crippen MR) is 56.4 cm³/mol. The first kappa shape index (κ1) is 16.5. The molecule has 0 saturated carbocycles. The minimum atomic E-state index is -4.94. The highest BCUT2D eigenvalue weighted by Gasteiger charge is 2.36. The minimum absolute atomic E-state index is 0.00435. The molecule has 0 radical (unpaired) electrons. The van der Waals surface area contributed by atoms with Gasteiger partial charge in [-0.2, -0.15) is 26.3 Å². The van der Waals surface area contributed by atoms with E-state index in [-0.39, 0.29) is 11.6 Å². The molecule has 0 aliphatic carbocycles. The molecule has 0 unspecified atom stereocenters. The number of allylic oxidation sites excluding steroid dienone is 1. The maximum Gasteiger partial charge on any atom is 0.416 e. The van der Waals surface area contributed by atoms with Gasteiger partial charge in [0.1, 0.15) is 5.83 Å². The summed E-state index contributed by atoms with van der Waals surface area (Å²) in [6, 6.07) is 1.02. The van der Waals surface area contributed by atoms with Gasteiger partial charge in [-0.05, 0) is 36.3 Å². The number of alkyl halides is 6. The second-order valence-corrected chi connectivity index (χ2v) is 3.93. The molecule has 1 aromatic rings. The van der Waals surface area contributed by atoms with Crippen LogP contribution in [0.5, 0.6) is 0 Å². The molecule has 8 heteroatoms. The molecule has 0 bridgehead atoms. The standard InChI is InChI=1S/C12H9F7O/c13-10(6-20)2-1-7-3-8(11(14,15)16)5-9(4-7)12(17,18)19/h2-5,20H,1,6H2/b10-2+. The summed E-state index contributed by atoms with van der Waals surface area (Å²) in [6.07, 6.45) is -9.64. The zero-order valence-corrected chi connectivity index (χ0v) is 9.82. The Morgan fingerprint density at radius 2 is 1.40 bits per heavy atom. The van der Waals surface area contributed by atoms with Crippen LogP contribution < -0.4 is 0 Å². The molecular weight excluding hydrogens is 293 g/mol. The Balaban J connectivity index is 3.24. The van der Waals surface area contributed by atoms with Crippen LogP contribution in [0.4, 0.5) is 30.7 Å². The molecule has 112 valence electrons. The monoisotopic (exact) mass is 302 g/mol. The molecule has 1 nitrogen and oxygen atoms in total. The summed E-state index contributed by atoms with van der Waals surface area (Å²) in [6.45, 7) is -0.967. The van der Waals surface area contributed by atoms with Crippen molar-refractivity contribution in [2.45, 2.75) is 18.8 Å². The molecule has 0 fully saturated rings. The van der Waals surface area contributed by atoms with Crippen molar-refractivity contribution in [3.8, 4) is 0 Å². The molecule has 1 rings (SSSR count). The zero-order chi connectivity index (χ0) is 15.6. The van der Waals surface area contributed by atoms with Gasteiger partial charge in [0, 0.05) is 0 Å². The van der Waals surface area contributed by atoms with E-state index in [0.29, 0.717) is 12.1 Å². The summed E-state index contributed by atoms with van der Waals surface area (Å²) in [7, 11) is 0. The van der Waals surface area contributed by atoms with Crippen molar-refractivity contribution in [2.75, 3.05) is 6.61 Å². The van der Waals surface area contributed by atoms with Gasteiger partial charge in [-0.1, -0.05) is 0 Å². The van der Waals surface area contributed by atoms with Gasteiger partial charge < -0.3 is 5.11 Å². The van der Waals surface area contributed by atoms with Gasteiger partial charge in [0.25, 0.3) is 0 Å². The average Bonchev–Trinajstić information content (AvgIpc) is 2.33. The van der Waals surface area contributed by atoms with Gasteiger partial charge in [0.2, 0.25) is 0 Å². The van der Waals surface area contributed by atoms with Crippen LogP contribution in [0.3, 0.4) is 0 Å². The Kier molecular flexibility index (Phi) is 4.80. The van der Waals surface area contributed by atoms with E-state index in [2.05, 4.69) is 0 Å². The maximum atomic E-state index is 12.7. The van der Waals surface area contributed by atoms with Crippen LogP contribution in [-0.2, 0) is 18.8 Å². The molecule has 0 amide bonds. The lowest BCUT2D eigenvalue weighted by Crippen LogP contribution is -2.11. The molecule has 0 aliphatic heterocycles. The fraction of sp³-hybridized carbons (Fsp3) is 0.333. The predicted octanol–water partition coefficient (Wildman–Crippen LogP) is 4.11. The third-order valence-corrected chi connectivity index (χ3v) is 2.36. The molecule has 0 aliphatic rings. The van der Waals surface area contributed by atoms with Gasteiger partial charge in [0.15, 0.2) is 0 Å². The highest BCUT2D eigenvalue weighted by Crippen LogP contribution is 2.36. The third-order valence-electron chi connectivity index (χ3n) is 2.36. The Bertz CT molecular complexity index is 467. The Hall–Kier alpha value is -1.57. The Morgan fingerprint density at radius 3 is 1.75 bits per heavy atom. The number of aliphatic hydroxyl groups is 1. The first-order chi connectivity index (χ1) is 9.04. The van der Waals surface area contributed by atoms with Gasteiger partial charge in [-0.25, -0.2) is 4.39 Å². The molecule has 1 N–H and O–H groups in total.